The van der Waals surface area contributed by atoms with E-state index in [1.54, 1.807) is 12.1 Å². The maximum atomic E-state index is 13.3. The van der Waals surface area contributed by atoms with Gasteiger partial charge in [0.15, 0.2) is 0 Å². The van der Waals surface area contributed by atoms with E-state index >= 15 is 0 Å². The zero-order valence-corrected chi connectivity index (χ0v) is 18.0. The van der Waals surface area contributed by atoms with Gasteiger partial charge in [0.2, 0.25) is 0 Å². The lowest BCUT2D eigenvalue weighted by Crippen LogP contribution is -2.36. The van der Waals surface area contributed by atoms with Gasteiger partial charge in [-0.15, -0.1) is 0 Å². The van der Waals surface area contributed by atoms with Crippen LogP contribution in [0.1, 0.15) is 34.2 Å². The van der Waals surface area contributed by atoms with Crippen LogP contribution in [0, 0.1) is 0 Å². The number of phenols is 1. The minimum absolute atomic E-state index is 0.0200. The Bertz CT molecular complexity index is 1330. The molecule has 0 saturated heterocycles. The molecule has 3 aromatic carbocycles. The van der Waals surface area contributed by atoms with Crippen molar-refractivity contribution >= 4 is 16.7 Å². The van der Waals surface area contributed by atoms with E-state index < -0.39 is 0 Å². The van der Waals surface area contributed by atoms with Crippen LogP contribution in [0.4, 0.5) is 0 Å². The Morgan fingerprint density at radius 3 is 2.72 bits per heavy atom. The van der Waals surface area contributed by atoms with Crippen molar-refractivity contribution in [2.45, 2.75) is 33.0 Å². The third-order valence-corrected chi connectivity index (χ3v) is 6.24. The maximum Gasteiger partial charge on any atom is 0.254 e. The van der Waals surface area contributed by atoms with Gasteiger partial charge in [0.25, 0.3) is 5.91 Å². The van der Waals surface area contributed by atoms with Crippen molar-refractivity contribution < 1.29 is 15.0 Å². The number of hydrogen-bond donors (Lipinski definition) is 2. The van der Waals surface area contributed by atoms with Gasteiger partial charge in [-0.2, -0.15) is 5.10 Å². The largest absolute Gasteiger partial charge is 0.508 e. The molecule has 4 aromatic rings. The molecule has 1 aliphatic rings. The normalized spacial score (nSPS) is 13.4. The molecule has 1 amide bonds. The smallest absolute Gasteiger partial charge is 0.254 e. The Morgan fingerprint density at radius 2 is 1.94 bits per heavy atom. The molecule has 0 saturated carbocycles. The van der Waals surface area contributed by atoms with E-state index in [9.17, 15) is 15.0 Å². The molecule has 32 heavy (non-hydrogen) atoms. The van der Waals surface area contributed by atoms with Crippen molar-refractivity contribution in [1.82, 2.24) is 14.7 Å². The van der Waals surface area contributed by atoms with Crippen molar-refractivity contribution in [2.24, 2.45) is 0 Å². The summed E-state index contributed by atoms with van der Waals surface area (Å²) >= 11 is 0. The van der Waals surface area contributed by atoms with E-state index in [1.807, 2.05) is 65.0 Å². The van der Waals surface area contributed by atoms with Crippen molar-refractivity contribution in [2.75, 3.05) is 6.54 Å². The number of aryl methyl sites for hydroxylation is 1. The number of aromatic hydroxyl groups is 1. The Kier molecular flexibility index (Phi) is 5.15. The number of benzene rings is 3. The molecule has 5 rings (SSSR count). The van der Waals surface area contributed by atoms with Crippen molar-refractivity contribution in [3.63, 3.8) is 0 Å². The number of hydrogen-bond acceptors (Lipinski definition) is 4. The quantitative estimate of drug-likeness (QED) is 0.514. The van der Waals surface area contributed by atoms with Gasteiger partial charge in [-0.05, 0) is 53.1 Å². The summed E-state index contributed by atoms with van der Waals surface area (Å²) in [6.45, 7) is 3.76. The molecule has 0 radical (unpaired) electrons. The van der Waals surface area contributed by atoms with Crippen molar-refractivity contribution in [1.29, 1.82) is 0 Å². The number of aromatic nitrogens is 2. The first-order valence-corrected chi connectivity index (χ1v) is 10.9. The summed E-state index contributed by atoms with van der Waals surface area (Å²) in [5.41, 5.74) is 5.34. The third kappa shape index (κ3) is 3.42. The highest BCUT2D eigenvalue weighted by Gasteiger charge is 2.27. The van der Waals surface area contributed by atoms with E-state index in [1.165, 1.54) is 0 Å². The number of aliphatic hydroxyl groups is 1. The summed E-state index contributed by atoms with van der Waals surface area (Å²) in [5, 5.41) is 26.1. The first-order valence-electron chi connectivity index (χ1n) is 10.9. The summed E-state index contributed by atoms with van der Waals surface area (Å²) in [4.78, 5) is 15.2. The number of rotatable bonds is 4. The summed E-state index contributed by atoms with van der Waals surface area (Å²) < 4.78 is 1.93. The molecule has 0 atom stereocenters. The molecule has 6 nitrogen and oxygen atoms in total. The number of carbonyl (C=O) groups excluding carboxylic acids is 1. The van der Waals surface area contributed by atoms with Crippen molar-refractivity contribution in [3.05, 3.63) is 83.2 Å². The molecule has 0 aliphatic carbocycles. The number of phenolic OH excluding ortho intramolecular Hbond substituents is 1. The minimum atomic E-state index is -0.120. The molecule has 0 fully saturated rings. The molecule has 2 N–H and O–H groups in total. The maximum absolute atomic E-state index is 13.3. The molecule has 0 bridgehead atoms. The highest BCUT2D eigenvalue weighted by atomic mass is 16.3. The summed E-state index contributed by atoms with van der Waals surface area (Å²) in [7, 11) is 0. The van der Waals surface area contributed by atoms with Crippen LogP contribution < -0.4 is 0 Å². The number of amides is 1. The zero-order chi connectivity index (χ0) is 22.2. The van der Waals surface area contributed by atoms with Crippen LogP contribution in [0.25, 0.3) is 21.9 Å². The van der Waals surface area contributed by atoms with Gasteiger partial charge < -0.3 is 15.1 Å². The first-order chi connectivity index (χ1) is 15.6. The van der Waals surface area contributed by atoms with E-state index in [2.05, 4.69) is 5.10 Å². The monoisotopic (exact) mass is 427 g/mol. The Hall–Kier alpha value is -3.64. The third-order valence-electron chi connectivity index (χ3n) is 6.24. The fraction of sp³-hybridized carbons (Fsp3) is 0.231. The average Bonchev–Trinajstić information content (AvgIpc) is 3.20. The predicted octanol–water partition coefficient (Wildman–Crippen LogP) is 4.12. The average molecular weight is 428 g/mol. The topological polar surface area (TPSA) is 78.6 Å². The lowest BCUT2D eigenvalue weighted by atomic mass is 9.96. The van der Waals surface area contributed by atoms with Gasteiger partial charge >= 0.3 is 0 Å². The summed E-state index contributed by atoms with van der Waals surface area (Å²) in [6, 6.07) is 19.0. The van der Waals surface area contributed by atoms with E-state index in [4.69, 9.17) is 0 Å². The minimum Gasteiger partial charge on any atom is -0.508 e. The van der Waals surface area contributed by atoms with Crippen LogP contribution in [0.3, 0.4) is 0 Å². The SMILES string of the molecule is CCn1nc(CO)c2c1CCN(C(=O)c1ccc3c(-c4cccc(O)c4)cccc3c1)C2. The standard InChI is InChI=1S/C26H25N3O3/c1-2-29-25-11-12-28(15-23(25)24(16-30)27-29)26(32)19-9-10-22-17(13-19)6-4-8-21(22)18-5-3-7-20(31)14-18/h3-10,13-14,30-31H,2,11-12,15-16H2,1H3. The number of aliphatic hydroxyl groups excluding tert-OH is 1. The number of nitrogens with zero attached hydrogens (tertiary/aromatic N) is 3. The molecular weight excluding hydrogens is 402 g/mol. The number of fused-ring (bicyclic) bond motifs is 2. The molecule has 2 heterocycles. The van der Waals surface area contributed by atoms with E-state index in [-0.39, 0.29) is 18.3 Å². The van der Waals surface area contributed by atoms with Crippen LogP contribution in [-0.4, -0.2) is 37.3 Å². The highest BCUT2D eigenvalue weighted by molar-refractivity contribution is 6.02. The van der Waals surface area contributed by atoms with Crippen LogP contribution >= 0.6 is 0 Å². The van der Waals surface area contributed by atoms with Gasteiger partial charge in [-0.3, -0.25) is 9.48 Å². The zero-order valence-electron chi connectivity index (χ0n) is 18.0. The van der Waals surface area contributed by atoms with Gasteiger partial charge in [-0.25, -0.2) is 0 Å². The van der Waals surface area contributed by atoms with Crippen LogP contribution in [-0.2, 0) is 26.1 Å². The molecular formula is C26H25N3O3. The molecule has 6 heteroatoms. The molecule has 162 valence electrons. The fourth-order valence-corrected chi connectivity index (χ4v) is 4.65. The lowest BCUT2D eigenvalue weighted by Gasteiger charge is -2.28. The molecule has 0 unspecified atom stereocenters. The first kappa shape index (κ1) is 20.3. The second kappa shape index (κ2) is 8.13. The Balaban J connectivity index is 1.47. The van der Waals surface area contributed by atoms with Crippen LogP contribution in [0.15, 0.2) is 60.7 Å². The lowest BCUT2D eigenvalue weighted by molar-refractivity contribution is 0.0732. The summed E-state index contributed by atoms with van der Waals surface area (Å²) in [6.07, 6.45) is 0.733. The van der Waals surface area contributed by atoms with Gasteiger partial charge in [0, 0.05) is 42.9 Å². The van der Waals surface area contributed by atoms with Crippen LogP contribution in [0.5, 0.6) is 5.75 Å². The van der Waals surface area contributed by atoms with E-state index in [0.717, 1.165) is 46.1 Å². The van der Waals surface area contributed by atoms with Crippen molar-refractivity contribution in [3.8, 4) is 16.9 Å². The Labute approximate surface area is 186 Å². The second-order valence-corrected chi connectivity index (χ2v) is 8.11. The summed E-state index contributed by atoms with van der Waals surface area (Å²) in [5.74, 6) is 0.206. The predicted molar refractivity (Wildman–Crippen MR) is 123 cm³/mol. The van der Waals surface area contributed by atoms with Gasteiger partial charge in [-0.1, -0.05) is 36.4 Å². The van der Waals surface area contributed by atoms with Crippen LogP contribution in [0.2, 0.25) is 0 Å². The Morgan fingerprint density at radius 1 is 1.09 bits per heavy atom. The molecule has 0 spiro atoms. The van der Waals surface area contributed by atoms with Gasteiger partial charge in [0.1, 0.15) is 5.75 Å². The number of carbonyl (C=O) groups is 1. The highest BCUT2D eigenvalue weighted by Crippen LogP contribution is 2.32. The fourth-order valence-electron chi connectivity index (χ4n) is 4.65. The molecule has 1 aromatic heterocycles. The van der Waals surface area contributed by atoms with E-state index in [0.29, 0.717) is 24.3 Å². The second-order valence-electron chi connectivity index (χ2n) is 8.11. The molecule has 1 aliphatic heterocycles. The van der Waals surface area contributed by atoms with Gasteiger partial charge in [0.05, 0.1) is 12.3 Å².